The van der Waals surface area contributed by atoms with Gasteiger partial charge in [-0.1, -0.05) is 78.4 Å². The smallest absolute Gasteiger partial charge is 0.175 e. The first-order chi connectivity index (χ1) is 15.3. The fourth-order valence-corrected chi connectivity index (χ4v) is 3.86. The summed E-state index contributed by atoms with van der Waals surface area (Å²) in [5.41, 5.74) is 6.48. The Morgan fingerprint density at radius 3 is 2.13 bits per heavy atom. The van der Waals surface area contributed by atoms with E-state index >= 15 is 0 Å². The molecule has 0 aliphatic heterocycles. The van der Waals surface area contributed by atoms with E-state index < -0.39 is 0 Å². The molecule has 6 nitrogen and oxygen atoms in total. The minimum atomic E-state index is 0.738. The van der Waals surface area contributed by atoms with Gasteiger partial charge in [0.2, 0.25) is 0 Å². The Kier molecular flexibility index (Phi) is 3.89. The molecule has 6 heteroatoms. The highest BCUT2D eigenvalue weighted by atomic mass is 15.3. The second kappa shape index (κ2) is 6.88. The quantitative estimate of drug-likeness (QED) is 0.413. The molecule has 0 aliphatic rings. The van der Waals surface area contributed by atoms with Crippen LogP contribution in [0.25, 0.3) is 45.0 Å². The number of para-hydroxylation sites is 1. The maximum atomic E-state index is 4.95. The molecule has 0 aliphatic carbocycles. The van der Waals surface area contributed by atoms with Crippen molar-refractivity contribution < 1.29 is 0 Å². The Bertz CT molecular complexity index is 1510. The number of rotatable bonds is 3. The van der Waals surface area contributed by atoms with E-state index in [0.29, 0.717) is 0 Å². The van der Waals surface area contributed by atoms with Crippen molar-refractivity contribution >= 4 is 16.7 Å². The van der Waals surface area contributed by atoms with Gasteiger partial charge in [-0.15, -0.1) is 10.2 Å². The number of benzene rings is 3. The second-order valence-corrected chi connectivity index (χ2v) is 7.49. The first-order valence-corrected chi connectivity index (χ1v) is 10.1. The molecule has 0 bridgehead atoms. The van der Waals surface area contributed by atoms with Gasteiger partial charge in [0, 0.05) is 11.1 Å². The molecule has 3 aromatic carbocycles. The zero-order valence-corrected chi connectivity index (χ0v) is 16.8. The van der Waals surface area contributed by atoms with Crippen LogP contribution in [0.4, 0.5) is 0 Å². The van der Waals surface area contributed by atoms with Crippen molar-refractivity contribution in [1.82, 2.24) is 29.4 Å². The molecular weight excluding hydrogens is 384 g/mol. The zero-order valence-electron chi connectivity index (χ0n) is 16.8. The van der Waals surface area contributed by atoms with Gasteiger partial charge in [0.1, 0.15) is 12.0 Å². The lowest BCUT2D eigenvalue weighted by Gasteiger charge is -2.03. The third kappa shape index (κ3) is 2.80. The molecule has 0 saturated carbocycles. The topological polar surface area (TPSA) is 60.9 Å². The summed E-state index contributed by atoms with van der Waals surface area (Å²) in [6.07, 6.45) is 1.78. The van der Waals surface area contributed by atoms with E-state index in [0.717, 1.165) is 45.0 Å². The van der Waals surface area contributed by atoms with Crippen molar-refractivity contribution in [2.24, 2.45) is 0 Å². The van der Waals surface area contributed by atoms with Crippen molar-refractivity contribution in [2.75, 3.05) is 0 Å². The van der Waals surface area contributed by atoms with E-state index in [9.17, 15) is 0 Å². The van der Waals surface area contributed by atoms with Crippen LogP contribution in [0.5, 0.6) is 0 Å². The van der Waals surface area contributed by atoms with E-state index in [1.807, 2.05) is 57.6 Å². The highest BCUT2D eigenvalue weighted by Gasteiger charge is 2.21. The van der Waals surface area contributed by atoms with Gasteiger partial charge in [-0.2, -0.15) is 5.10 Å². The Morgan fingerprint density at radius 1 is 0.677 bits per heavy atom. The standard InChI is InChI=1S/C25H18N6/c1-17-12-14-19(15-13-17)23-27-28-25-21-22(18-8-4-2-5-9-18)29-31(20-10-6-3-7-11-20)24(21)26-16-30(23)25/h2-16H,1H3. The molecule has 6 aromatic rings. The fourth-order valence-electron chi connectivity index (χ4n) is 3.86. The number of nitrogens with zero attached hydrogens (tertiary/aromatic N) is 6. The molecule has 6 rings (SSSR count). The second-order valence-electron chi connectivity index (χ2n) is 7.49. The van der Waals surface area contributed by atoms with E-state index in [1.165, 1.54) is 5.56 Å². The maximum absolute atomic E-state index is 4.95. The van der Waals surface area contributed by atoms with Gasteiger partial charge in [0.15, 0.2) is 17.1 Å². The summed E-state index contributed by atoms with van der Waals surface area (Å²) in [5, 5.41) is 14.9. The van der Waals surface area contributed by atoms with Crippen molar-refractivity contribution in [2.45, 2.75) is 6.92 Å². The van der Waals surface area contributed by atoms with Crippen molar-refractivity contribution in [3.8, 4) is 28.3 Å². The summed E-state index contributed by atoms with van der Waals surface area (Å²) in [6, 6.07) is 28.4. The Hall–Kier alpha value is -4.32. The van der Waals surface area contributed by atoms with Crippen LogP contribution in [0.2, 0.25) is 0 Å². The first kappa shape index (κ1) is 17.5. The number of hydrogen-bond donors (Lipinski definition) is 0. The first-order valence-electron chi connectivity index (χ1n) is 10.1. The summed E-state index contributed by atoms with van der Waals surface area (Å²) in [7, 11) is 0. The molecule has 0 saturated heterocycles. The van der Waals surface area contributed by atoms with E-state index in [4.69, 9.17) is 10.1 Å². The molecule has 148 valence electrons. The SMILES string of the molecule is Cc1ccc(-c2nnc3c4c(-c5ccccc5)nn(-c5ccccc5)c4ncn23)cc1. The molecule has 3 aromatic heterocycles. The van der Waals surface area contributed by atoms with E-state index in [2.05, 4.69) is 53.5 Å². The molecule has 0 radical (unpaired) electrons. The molecule has 0 spiro atoms. The summed E-state index contributed by atoms with van der Waals surface area (Å²) < 4.78 is 3.81. The Labute approximate surface area is 178 Å². The molecule has 0 N–H and O–H groups in total. The van der Waals surface area contributed by atoms with Crippen LogP contribution in [-0.4, -0.2) is 29.4 Å². The van der Waals surface area contributed by atoms with Crippen LogP contribution >= 0.6 is 0 Å². The molecule has 3 heterocycles. The minimum absolute atomic E-state index is 0.738. The van der Waals surface area contributed by atoms with Crippen LogP contribution in [0.3, 0.4) is 0 Å². The zero-order chi connectivity index (χ0) is 20.8. The van der Waals surface area contributed by atoms with Crippen molar-refractivity contribution in [3.63, 3.8) is 0 Å². The third-order valence-electron chi connectivity index (χ3n) is 5.43. The molecule has 31 heavy (non-hydrogen) atoms. The fraction of sp³-hybridized carbons (Fsp3) is 0.0400. The van der Waals surface area contributed by atoms with Crippen molar-refractivity contribution in [1.29, 1.82) is 0 Å². The lowest BCUT2D eigenvalue weighted by atomic mass is 10.1. The predicted octanol–water partition coefficient (Wildman–Crippen LogP) is 5.11. The number of aryl methyl sites for hydroxylation is 1. The van der Waals surface area contributed by atoms with Crippen molar-refractivity contribution in [3.05, 3.63) is 96.8 Å². The van der Waals surface area contributed by atoms with E-state index in [-0.39, 0.29) is 0 Å². The van der Waals surface area contributed by atoms with Gasteiger partial charge in [-0.25, -0.2) is 9.67 Å². The molecule has 0 unspecified atom stereocenters. The monoisotopic (exact) mass is 402 g/mol. The van der Waals surface area contributed by atoms with Crippen LogP contribution in [0, 0.1) is 6.92 Å². The van der Waals surface area contributed by atoms with Crippen LogP contribution in [-0.2, 0) is 0 Å². The maximum Gasteiger partial charge on any atom is 0.175 e. The lowest BCUT2D eigenvalue weighted by Crippen LogP contribution is -1.98. The van der Waals surface area contributed by atoms with Crippen LogP contribution in [0.15, 0.2) is 91.3 Å². The van der Waals surface area contributed by atoms with Gasteiger partial charge in [-0.05, 0) is 19.1 Å². The lowest BCUT2D eigenvalue weighted by molar-refractivity contribution is 0.897. The highest BCUT2D eigenvalue weighted by molar-refractivity contribution is 6.01. The third-order valence-corrected chi connectivity index (χ3v) is 5.43. The largest absolute Gasteiger partial charge is 0.265 e. The van der Waals surface area contributed by atoms with Gasteiger partial charge in [-0.3, -0.25) is 4.40 Å². The average molecular weight is 402 g/mol. The summed E-state index contributed by atoms with van der Waals surface area (Å²) in [5.74, 6) is 0.760. The summed E-state index contributed by atoms with van der Waals surface area (Å²) in [6.45, 7) is 2.07. The number of aromatic nitrogens is 6. The molecular formula is C25H18N6. The average Bonchev–Trinajstić information content (AvgIpc) is 3.42. The van der Waals surface area contributed by atoms with Gasteiger partial charge >= 0.3 is 0 Å². The normalized spacial score (nSPS) is 11.4. The molecule has 0 fully saturated rings. The van der Waals surface area contributed by atoms with Gasteiger partial charge < -0.3 is 0 Å². The number of fused-ring (bicyclic) bond motifs is 3. The predicted molar refractivity (Wildman–Crippen MR) is 121 cm³/mol. The number of hydrogen-bond acceptors (Lipinski definition) is 4. The summed E-state index contributed by atoms with van der Waals surface area (Å²) in [4.78, 5) is 4.79. The summed E-state index contributed by atoms with van der Waals surface area (Å²) >= 11 is 0. The molecule has 0 atom stereocenters. The van der Waals surface area contributed by atoms with E-state index in [1.54, 1.807) is 6.33 Å². The minimum Gasteiger partial charge on any atom is -0.265 e. The molecule has 0 amide bonds. The van der Waals surface area contributed by atoms with Gasteiger partial charge in [0.25, 0.3) is 0 Å². The Morgan fingerprint density at radius 2 is 1.39 bits per heavy atom. The van der Waals surface area contributed by atoms with Crippen LogP contribution in [0.1, 0.15) is 5.56 Å². The van der Waals surface area contributed by atoms with Gasteiger partial charge in [0.05, 0.1) is 11.1 Å². The highest BCUT2D eigenvalue weighted by Crippen LogP contribution is 2.32. The van der Waals surface area contributed by atoms with Crippen LogP contribution < -0.4 is 0 Å². The Balaban J connectivity index is 1.68.